The van der Waals surface area contributed by atoms with Crippen LogP contribution in [0.4, 0.5) is 0 Å². The number of carbonyl (C=O) groups excluding carboxylic acids is 1. The molecule has 2 aliphatic rings. The van der Waals surface area contributed by atoms with Crippen molar-refractivity contribution in [1.82, 2.24) is 5.32 Å². The summed E-state index contributed by atoms with van der Waals surface area (Å²) < 4.78 is 4.73. The molecule has 13 heavy (non-hydrogen) atoms. The summed E-state index contributed by atoms with van der Waals surface area (Å²) in [5.74, 6) is -0.00685. The van der Waals surface area contributed by atoms with Gasteiger partial charge in [0.1, 0.15) is 0 Å². The zero-order valence-corrected chi connectivity index (χ0v) is 7.69. The van der Waals surface area contributed by atoms with Crippen LogP contribution >= 0.6 is 0 Å². The Morgan fingerprint density at radius 3 is 3.23 bits per heavy atom. The number of methoxy groups -OCH3 is 1. The number of hydrogen-bond donors (Lipinski definition) is 1. The predicted octanol–water partition coefficient (Wildman–Crippen LogP) is 0.328. The van der Waals surface area contributed by atoms with Gasteiger partial charge in [-0.05, 0) is 19.3 Å². The van der Waals surface area contributed by atoms with Crippen LogP contribution < -0.4 is 5.32 Å². The molecule has 4 heteroatoms. The van der Waals surface area contributed by atoms with Gasteiger partial charge >= 0.3 is 5.97 Å². The van der Waals surface area contributed by atoms with E-state index in [-0.39, 0.29) is 11.9 Å². The third-order valence-electron chi connectivity index (χ3n) is 2.90. The second-order valence-corrected chi connectivity index (χ2v) is 3.65. The molecule has 0 spiro atoms. The predicted molar refractivity (Wildman–Crippen MR) is 48.6 cm³/mol. The fraction of sp³-hybridized carbons (Fsp3) is 0.778. The van der Waals surface area contributed by atoms with Gasteiger partial charge in [-0.1, -0.05) is 0 Å². The maximum absolute atomic E-state index is 11.3. The average molecular weight is 182 g/mol. The number of ether oxygens (including phenoxy) is 1. The molecule has 0 unspecified atom stereocenters. The van der Waals surface area contributed by atoms with E-state index >= 15 is 0 Å². The van der Waals surface area contributed by atoms with E-state index in [0.29, 0.717) is 12.1 Å². The number of nitrogens with zero attached hydrogens (tertiary/aromatic N) is 1. The van der Waals surface area contributed by atoms with Crippen molar-refractivity contribution < 1.29 is 9.53 Å². The van der Waals surface area contributed by atoms with Crippen molar-refractivity contribution >= 4 is 12.3 Å². The Hall–Kier alpha value is -1.06. The molecule has 1 heterocycles. The number of aliphatic imine (C=N–C) groups is 1. The zero-order valence-electron chi connectivity index (χ0n) is 7.69. The van der Waals surface area contributed by atoms with Crippen LogP contribution in [0.3, 0.4) is 0 Å². The van der Waals surface area contributed by atoms with Crippen molar-refractivity contribution in [3.63, 3.8) is 0 Å². The summed E-state index contributed by atoms with van der Waals surface area (Å²) in [5.41, 5.74) is 0. The van der Waals surface area contributed by atoms with E-state index in [9.17, 15) is 4.79 Å². The third-order valence-corrected chi connectivity index (χ3v) is 2.90. The van der Waals surface area contributed by atoms with Crippen molar-refractivity contribution in [2.75, 3.05) is 7.11 Å². The average Bonchev–Trinajstić information content (AvgIpc) is 2.63. The highest BCUT2D eigenvalue weighted by atomic mass is 16.5. The standard InChI is InChI=1S/C9H14N2O2/c1-13-9(12)6-2-3-7-8(4-6)11-5-10-7/h5-8H,2-4H2,1H3,(H,10,11)/t6-,7-,8+/m0/s1. The fourth-order valence-electron chi connectivity index (χ4n) is 2.13. The minimum atomic E-state index is -0.0767. The van der Waals surface area contributed by atoms with Crippen molar-refractivity contribution in [3.8, 4) is 0 Å². The Morgan fingerprint density at radius 1 is 1.62 bits per heavy atom. The van der Waals surface area contributed by atoms with Crippen LogP contribution in [0.1, 0.15) is 19.3 Å². The Bertz CT molecular complexity index is 240. The minimum absolute atomic E-state index is 0.0699. The smallest absolute Gasteiger partial charge is 0.308 e. The van der Waals surface area contributed by atoms with E-state index in [4.69, 9.17) is 4.74 Å². The van der Waals surface area contributed by atoms with E-state index < -0.39 is 0 Å². The lowest BCUT2D eigenvalue weighted by atomic mass is 9.83. The molecular formula is C9H14N2O2. The van der Waals surface area contributed by atoms with E-state index in [2.05, 4.69) is 10.3 Å². The molecule has 0 bridgehead atoms. The summed E-state index contributed by atoms with van der Waals surface area (Å²) in [6.07, 6.45) is 4.52. The number of carbonyl (C=O) groups is 1. The Balaban J connectivity index is 1.95. The van der Waals surface area contributed by atoms with Gasteiger partial charge in [-0.2, -0.15) is 0 Å². The molecule has 1 aliphatic carbocycles. The van der Waals surface area contributed by atoms with Crippen LogP contribution in [-0.2, 0) is 9.53 Å². The van der Waals surface area contributed by atoms with Gasteiger partial charge in [0.25, 0.3) is 0 Å². The van der Waals surface area contributed by atoms with E-state index in [1.807, 2.05) is 0 Å². The van der Waals surface area contributed by atoms with E-state index in [0.717, 1.165) is 19.3 Å². The normalized spacial score (nSPS) is 36.5. The van der Waals surface area contributed by atoms with Gasteiger partial charge in [-0.15, -0.1) is 0 Å². The second-order valence-electron chi connectivity index (χ2n) is 3.65. The Kier molecular flexibility index (Phi) is 2.20. The number of fused-ring (bicyclic) bond motifs is 1. The molecule has 2 rings (SSSR count). The number of esters is 1. The molecule has 0 amide bonds. The SMILES string of the molecule is COC(=O)[C@H]1CC[C@@H]2N=CN[C@@H]2C1. The second kappa shape index (κ2) is 3.36. The first-order valence-corrected chi connectivity index (χ1v) is 4.67. The first-order chi connectivity index (χ1) is 6.31. The molecule has 0 saturated heterocycles. The van der Waals surface area contributed by atoms with Gasteiger partial charge in [0.2, 0.25) is 0 Å². The maximum Gasteiger partial charge on any atom is 0.308 e. The minimum Gasteiger partial charge on any atom is -0.469 e. The topological polar surface area (TPSA) is 50.7 Å². The molecule has 1 N–H and O–H groups in total. The van der Waals surface area contributed by atoms with Gasteiger partial charge in [-0.3, -0.25) is 9.79 Å². The first-order valence-electron chi connectivity index (χ1n) is 4.67. The molecule has 0 aromatic heterocycles. The fourth-order valence-corrected chi connectivity index (χ4v) is 2.13. The first kappa shape index (κ1) is 8.53. The maximum atomic E-state index is 11.3. The van der Waals surface area contributed by atoms with Crippen molar-refractivity contribution in [2.45, 2.75) is 31.3 Å². The van der Waals surface area contributed by atoms with Crippen LogP contribution in [0.25, 0.3) is 0 Å². The summed E-state index contributed by atoms with van der Waals surface area (Å²) in [7, 11) is 1.45. The summed E-state index contributed by atoms with van der Waals surface area (Å²) in [6.45, 7) is 0. The van der Waals surface area contributed by atoms with Crippen molar-refractivity contribution in [2.24, 2.45) is 10.9 Å². The molecule has 0 aromatic carbocycles. The zero-order chi connectivity index (χ0) is 9.26. The Morgan fingerprint density at radius 2 is 2.46 bits per heavy atom. The molecule has 0 aromatic rings. The van der Waals surface area contributed by atoms with Crippen molar-refractivity contribution in [1.29, 1.82) is 0 Å². The molecule has 1 aliphatic heterocycles. The van der Waals surface area contributed by atoms with E-state index in [1.54, 1.807) is 6.34 Å². The summed E-state index contributed by atoms with van der Waals surface area (Å²) in [5, 5.41) is 3.17. The van der Waals surface area contributed by atoms with Gasteiger partial charge in [-0.25, -0.2) is 0 Å². The summed E-state index contributed by atoms with van der Waals surface area (Å²) >= 11 is 0. The number of hydrogen-bond acceptors (Lipinski definition) is 4. The molecule has 4 nitrogen and oxygen atoms in total. The van der Waals surface area contributed by atoms with Gasteiger partial charge < -0.3 is 10.1 Å². The largest absolute Gasteiger partial charge is 0.469 e. The number of nitrogens with one attached hydrogen (secondary N) is 1. The van der Waals surface area contributed by atoms with Gasteiger partial charge in [0, 0.05) is 0 Å². The van der Waals surface area contributed by atoms with Crippen LogP contribution in [0.2, 0.25) is 0 Å². The summed E-state index contributed by atoms with van der Waals surface area (Å²) in [6, 6.07) is 0.749. The molecule has 1 saturated carbocycles. The highest BCUT2D eigenvalue weighted by Gasteiger charge is 2.35. The van der Waals surface area contributed by atoms with E-state index in [1.165, 1.54) is 7.11 Å². The van der Waals surface area contributed by atoms with Crippen molar-refractivity contribution in [3.05, 3.63) is 0 Å². The highest BCUT2D eigenvalue weighted by Crippen LogP contribution is 2.28. The molecule has 3 atom stereocenters. The monoisotopic (exact) mass is 182 g/mol. The lowest BCUT2D eigenvalue weighted by Crippen LogP contribution is -2.40. The lowest BCUT2D eigenvalue weighted by molar-refractivity contribution is -0.146. The molecule has 72 valence electrons. The van der Waals surface area contributed by atoms with Crippen LogP contribution in [-0.4, -0.2) is 31.5 Å². The van der Waals surface area contributed by atoms with Gasteiger partial charge in [0.05, 0.1) is 31.4 Å². The van der Waals surface area contributed by atoms with Crippen LogP contribution in [0.15, 0.2) is 4.99 Å². The molecule has 1 fully saturated rings. The summed E-state index contributed by atoms with van der Waals surface area (Å²) in [4.78, 5) is 15.6. The Labute approximate surface area is 77.4 Å². The lowest BCUT2D eigenvalue weighted by Gasteiger charge is -2.28. The molecule has 0 radical (unpaired) electrons. The van der Waals surface area contributed by atoms with Crippen LogP contribution in [0.5, 0.6) is 0 Å². The number of rotatable bonds is 1. The highest BCUT2D eigenvalue weighted by molar-refractivity contribution is 5.72. The molecular weight excluding hydrogens is 168 g/mol. The van der Waals surface area contributed by atoms with Gasteiger partial charge in [0.15, 0.2) is 0 Å². The van der Waals surface area contributed by atoms with Crippen LogP contribution in [0, 0.1) is 5.92 Å². The quantitative estimate of drug-likeness (QED) is 0.594. The third kappa shape index (κ3) is 1.53.